The Bertz CT molecular complexity index is 1230. The van der Waals surface area contributed by atoms with Crippen LogP contribution in [0.3, 0.4) is 0 Å². The van der Waals surface area contributed by atoms with Crippen LogP contribution in [-0.4, -0.2) is 35.1 Å². The lowest BCUT2D eigenvalue weighted by molar-refractivity contribution is 0.873. The molecule has 0 aliphatic rings. The van der Waals surface area contributed by atoms with Gasteiger partial charge in [-0.3, -0.25) is 15.0 Å². The average molecular weight is 365 g/mol. The first-order valence-corrected chi connectivity index (χ1v) is 8.84. The molecule has 1 aromatic carbocycles. The Morgan fingerprint density at radius 3 is 2.57 bits per heavy atom. The zero-order valence-corrected chi connectivity index (χ0v) is 14.8. The van der Waals surface area contributed by atoms with Gasteiger partial charge in [-0.1, -0.05) is 30.3 Å². The number of aromatic amines is 1. The van der Waals surface area contributed by atoms with Crippen molar-refractivity contribution < 1.29 is 0 Å². The fraction of sp³-hybridized carbons (Fsp3) is 0.0476. The molecule has 5 aromatic rings. The fourth-order valence-corrected chi connectivity index (χ4v) is 3.17. The number of aromatic nitrogens is 7. The summed E-state index contributed by atoms with van der Waals surface area (Å²) < 4.78 is 0. The van der Waals surface area contributed by atoms with Crippen LogP contribution >= 0.6 is 0 Å². The summed E-state index contributed by atoms with van der Waals surface area (Å²) in [5, 5.41) is 9.97. The van der Waals surface area contributed by atoms with Crippen LogP contribution in [0.5, 0.6) is 0 Å². The quantitative estimate of drug-likeness (QED) is 0.524. The normalized spacial score (nSPS) is 11.0. The molecule has 4 aromatic heterocycles. The first-order valence-electron chi connectivity index (χ1n) is 8.84. The monoisotopic (exact) mass is 365 g/mol. The van der Waals surface area contributed by atoms with E-state index in [4.69, 9.17) is 4.98 Å². The standard InChI is InChI=1S/C21H15N7/c1-2-4-14(5-3-1)20-21(18-13-23-8-9-24-18)26-19(27-28-20)10-15-11-25-17-12-22-7-6-16(15)17/h1-9,11-13,25H,10H2. The van der Waals surface area contributed by atoms with Gasteiger partial charge in [-0.15, -0.1) is 10.2 Å². The third-order valence-corrected chi connectivity index (χ3v) is 4.50. The van der Waals surface area contributed by atoms with Crippen molar-refractivity contribution >= 4 is 10.9 Å². The number of nitrogens with zero attached hydrogens (tertiary/aromatic N) is 6. The molecule has 0 atom stereocenters. The van der Waals surface area contributed by atoms with E-state index in [1.807, 2.05) is 42.6 Å². The number of hydrogen-bond donors (Lipinski definition) is 1. The number of benzene rings is 1. The summed E-state index contributed by atoms with van der Waals surface area (Å²) >= 11 is 0. The van der Waals surface area contributed by atoms with E-state index in [0.29, 0.717) is 29.3 Å². The highest BCUT2D eigenvalue weighted by Crippen LogP contribution is 2.27. The second-order valence-electron chi connectivity index (χ2n) is 6.29. The zero-order chi connectivity index (χ0) is 18.8. The molecule has 0 radical (unpaired) electrons. The molecule has 5 rings (SSSR count). The molecule has 1 N–H and O–H groups in total. The van der Waals surface area contributed by atoms with Gasteiger partial charge in [0.25, 0.3) is 0 Å². The number of pyridine rings is 1. The second kappa shape index (κ2) is 6.96. The maximum absolute atomic E-state index is 4.80. The summed E-state index contributed by atoms with van der Waals surface area (Å²) in [6.07, 6.45) is 11.1. The number of fused-ring (bicyclic) bond motifs is 1. The lowest BCUT2D eigenvalue weighted by Gasteiger charge is -2.08. The molecule has 7 heteroatoms. The van der Waals surface area contributed by atoms with Gasteiger partial charge in [0.2, 0.25) is 0 Å². The molecule has 0 aliphatic heterocycles. The molecule has 0 saturated carbocycles. The van der Waals surface area contributed by atoms with Gasteiger partial charge in [0.15, 0.2) is 5.82 Å². The summed E-state index contributed by atoms with van der Waals surface area (Å²) in [6.45, 7) is 0. The van der Waals surface area contributed by atoms with Gasteiger partial charge < -0.3 is 4.98 Å². The van der Waals surface area contributed by atoms with Crippen molar-refractivity contribution in [2.75, 3.05) is 0 Å². The average Bonchev–Trinajstić information content (AvgIpc) is 3.18. The van der Waals surface area contributed by atoms with Crippen molar-refractivity contribution in [1.82, 2.24) is 35.1 Å². The van der Waals surface area contributed by atoms with Crippen LogP contribution in [0.25, 0.3) is 33.5 Å². The van der Waals surface area contributed by atoms with Gasteiger partial charge in [-0.05, 0) is 11.6 Å². The van der Waals surface area contributed by atoms with Crippen molar-refractivity contribution in [3.8, 4) is 22.6 Å². The maximum atomic E-state index is 4.80. The van der Waals surface area contributed by atoms with E-state index in [1.54, 1.807) is 31.0 Å². The Kier molecular flexibility index (Phi) is 4.02. The maximum Gasteiger partial charge on any atom is 0.156 e. The van der Waals surface area contributed by atoms with E-state index >= 15 is 0 Å². The van der Waals surface area contributed by atoms with Crippen molar-refractivity contribution in [2.24, 2.45) is 0 Å². The molecule has 0 fully saturated rings. The van der Waals surface area contributed by atoms with Crippen LogP contribution < -0.4 is 0 Å². The lowest BCUT2D eigenvalue weighted by atomic mass is 10.1. The van der Waals surface area contributed by atoms with Gasteiger partial charge in [-0.2, -0.15) is 0 Å². The predicted molar refractivity (Wildman–Crippen MR) is 105 cm³/mol. The third kappa shape index (κ3) is 2.99. The van der Waals surface area contributed by atoms with Crippen LogP contribution in [0.4, 0.5) is 0 Å². The number of hydrogen-bond acceptors (Lipinski definition) is 6. The van der Waals surface area contributed by atoms with E-state index in [-0.39, 0.29) is 0 Å². The molecule has 7 nitrogen and oxygen atoms in total. The van der Waals surface area contributed by atoms with E-state index in [1.165, 1.54) is 0 Å². The van der Waals surface area contributed by atoms with Crippen LogP contribution in [-0.2, 0) is 6.42 Å². The Balaban J connectivity index is 1.61. The Hall–Kier alpha value is -4.00. The minimum Gasteiger partial charge on any atom is -0.360 e. The minimum absolute atomic E-state index is 0.555. The summed E-state index contributed by atoms with van der Waals surface area (Å²) in [5.74, 6) is 0.623. The Morgan fingerprint density at radius 1 is 0.821 bits per heavy atom. The number of H-pyrrole nitrogens is 1. The van der Waals surface area contributed by atoms with Crippen molar-refractivity contribution in [3.63, 3.8) is 0 Å². The van der Waals surface area contributed by atoms with E-state index in [9.17, 15) is 0 Å². The van der Waals surface area contributed by atoms with Gasteiger partial charge in [0.1, 0.15) is 17.1 Å². The largest absolute Gasteiger partial charge is 0.360 e. The lowest BCUT2D eigenvalue weighted by Crippen LogP contribution is -2.04. The number of rotatable bonds is 4. The predicted octanol–water partition coefficient (Wildman–Crippen LogP) is 3.46. The highest BCUT2D eigenvalue weighted by Gasteiger charge is 2.16. The molecule has 28 heavy (non-hydrogen) atoms. The molecule has 0 unspecified atom stereocenters. The van der Waals surface area contributed by atoms with E-state index in [2.05, 4.69) is 30.1 Å². The summed E-state index contributed by atoms with van der Waals surface area (Å²) in [6, 6.07) is 11.8. The smallest absolute Gasteiger partial charge is 0.156 e. The van der Waals surface area contributed by atoms with Crippen molar-refractivity contribution in [2.45, 2.75) is 6.42 Å². The molecule has 0 spiro atoms. The summed E-state index contributed by atoms with van der Waals surface area (Å²) in [4.78, 5) is 20.8. The second-order valence-corrected chi connectivity index (χ2v) is 6.29. The number of nitrogens with one attached hydrogen (secondary N) is 1. The first kappa shape index (κ1) is 16.2. The molecular weight excluding hydrogens is 350 g/mol. The molecule has 0 amide bonds. The highest BCUT2D eigenvalue weighted by atomic mass is 15.2. The SMILES string of the molecule is c1ccc(-c2nnc(Cc3c[nH]c4cnccc34)nc2-c2cnccn2)cc1. The Labute approximate surface area is 160 Å². The minimum atomic E-state index is 0.555. The van der Waals surface area contributed by atoms with Gasteiger partial charge in [-0.25, -0.2) is 4.98 Å². The topological polar surface area (TPSA) is 93.1 Å². The van der Waals surface area contributed by atoms with Crippen LogP contribution in [0.2, 0.25) is 0 Å². The molecule has 0 bridgehead atoms. The highest BCUT2D eigenvalue weighted by molar-refractivity contribution is 5.82. The van der Waals surface area contributed by atoms with Crippen LogP contribution in [0.15, 0.2) is 73.6 Å². The van der Waals surface area contributed by atoms with Crippen molar-refractivity contribution in [1.29, 1.82) is 0 Å². The molecular formula is C21H15N7. The van der Waals surface area contributed by atoms with E-state index in [0.717, 1.165) is 22.0 Å². The van der Waals surface area contributed by atoms with Crippen molar-refractivity contribution in [3.05, 3.63) is 85.0 Å². The molecule has 134 valence electrons. The molecule has 0 aliphatic carbocycles. The molecule has 4 heterocycles. The van der Waals surface area contributed by atoms with Gasteiger partial charge in [0, 0.05) is 42.2 Å². The van der Waals surface area contributed by atoms with Crippen LogP contribution in [0.1, 0.15) is 11.4 Å². The Morgan fingerprint density at radius 2 is 1.71 bits per heavy atom. The first-order chi connectivity index (χ1) is 13.9. The zero-order valence-electron chi connectivity index (χ0n) is 14.8. The fourth-order valence-electron chi connectivity index (χ4n) is 3.17. The van der Waals surface area contributed by atoms with E-state index < -0.39 is 0 Å². The summed E-state index contributed by atoms with van der Waals surface area (Å²) in [7, 11) is 0. The summed E-state index contributed by atoms with van der Waals surface area (Å²) in [5.41, 5.74) is 5.05. The third-order valence-electron chi connectivity index (χ3n) is 4.50. The van der Waals surface area contributed by atoms with Crippen LogP contribution in [0, 0.1) is 0 Å². The van der Waals surface area contributed by atoms with Gasteiger partial charge in [0.05, 0.1) is 17.9 Å². The molecule has 0 saturated heterocycles. The van der Waals surface area contributed by atoms with Gasteiger partial charge >= 0.3 is 0 Å².